The van der Waals surface area contributed by atoms with Gasteiger partial charge in [-0.05, 0) is 31.4 Å². The highest BCUT2D eigenvalue weighted by molar-refractivity contribution is 6.31. The minimum atomic E-state index is -0.621. The van der Waals surface area contributed by atoms with Crippen molar-refractivity contribution in [3.05, 3.63) is 34.9 Å². The van der Waals surface area contributed by atoms with Crippen LogP contribution in [0.15, 0.2) is 24.3 Å². The molecule has 17 heavy (non-hydrogen) atoms. The van der Waals surface area contributed by atoms with Crippen molar-refractivity contribution in [2.75, 3.05) is 7.05 Å². The zero-order chi connectivity index (χ0) is 12.6. The molecule has 1 fully saturated rings. The van der Waals surface area contributed by atoms with E-state index in [1.807, 2.05) is 31.2 Å². The molecule has 0 spiro atoms. The van der Waals surface area contributed by atoms with Gasteiger partial charge in [-0.2, -0.15) is 0 Å². The van der Waals surface area contributed by atoms with Crippen LogP contribution in [0.3, 0.4) is 0 Å². The van der Waals surface area contributed by atoms with Crippen LogP contribution in [0.5, 0.6) is 0 Å². The Kier molecular flexibility index (Phi) is 3.15. The molecule has 0 heterocycles. The summed E-state index contributed by atoms with van der Waals surface area (Å²) in [6.07, 6.45) is 1.57. The highest BCUT2D eigenvalue weighted by atomic mass is 35.5. The number of halogens is 1. The van der Waals surface area contributed by atoms with Crippen molar-refractivity contribution in [1.82, 2.24) is 4.90 Å². The van der Waals surface area contributed by atoms with Crippen LogP contribution in [0, 0.1) is 0 Å². The van der Waals surface area contributed by atoms with Gasteiger partial charge in [-0.1, -0.05) is 29.8 Å². The highest BCUT2D eigenvalue weighted by Gasteiger charge is 2.48. The largest absolute Gasteiger partial charge is 0.337 e. The van der Waals surface area contributed by atoms with E-state index in [4.69, 9.17) is 17.3 Å². The lowest BCUT2D eigenvalue weighted by Crippen LogP contribution is -2.44. The number of rotatable bonds is 3. The maximum atomic E-state index is 12.1. The van der Waals surface area contributed by atoms with Crippen LogP contribution in [0.25, 0.3) is 0 Å². The van der Waals surface area contributed by atoms with E-state index < -0.39 is 5.54 Å². The number of nitrogens with zero attached hydrogens (tertiary/aromatic N) is 1. The van der Waals surface area contributed by atoms with Gasteiger partial charge in [0.2, 0.25) is 5.91 Å². The molecule has 0 aromatic heterocycles. The van der Waals surface area contributed by atoms with Crippen molar-refractivity contribution in [1.29, 1.82) is 0 Å². The predicted molar refractivity (Wildman–Crippen MR) is 68.8 cm³/mol. The van der Waals surface area contributed by atoms with Gasteiger partial charge in [0.15, 0.2) is 0 Å². The summed E-state index contributed by atoms with van der Waals surface area (Å²) in [5.41, 5.74) is 6.25. The molecular formula is C13H17ClN2O. The molecule has 1 amide bonds. The summed E-state index contributed by atoms with van der Waals surface area (Å²) in [4.78, 5) is 13.8. The third-order valence-electron chi connectivity index (χ3n) is 3.47. The Hall–Kier alpha value is -1.06. The molecule has 0 bridgehead atoms. The molecule has 1 aromatic rings. The van der Waals surface area contributed by atoms with E-state index in [2.05, 4.69) is 0 Å². The smallest absolute Gasteiger partial charge is 0.242 e. The summed E-state index contributed by atoms with van der Waals surface area (Å²) in [5, 5.41) is 0.682. The van der Waals surface area contributed by atoms with Crippen molar-refractivity contribution in [2.45, 2.75) is 31.3 Å². The van der Waals surface area contributed by atoms with Crippen molar-refractivity contribution >= 4 is 17.5 Å². The Morgan fingerprint density at radius 3 is 2.59 bits per heavy atom. The number of amides is 1. The van der Waals surface area contributed by atoms with Gasteiger partial charge < -0.3 is 10.6 Å². The molecule has 0 saturated heterocycles. The molecule has 2 N–H and O–H groups in total. The van der Waals surface area contributed by atoms with Crippen molar-refractivity contribution < 1.29 is 4.79 Å². The van der Waals surface area contributed by atoms with Gasteiger partial charge in [-0.3, -0.25) is 4.79 Å². The maximum Gasteiger partial charge on any atom is 0.242 e. The molecule has 1 unspecified atom stereocenters. The molecule has 4 heteroatoms. The summed E-state index contributed by atoms with van der Waals surface area (Å²) in [7, 11) is 1.78. The second-order valence-electron chi connectivity index (χ2n) is 4.77. The Morgan fingerprint density at radius 1 is 1.47 bits per heavy atom. The van der Waals surface area contributed by atoms with Crippen LogP contribution in [0.1, 0.15) is 31.4 Å². The molecule has 1 aromatic carbocycles. The lowest BCUT2D eigenvalue weighted by molar-refractivity contribution is -0.134. The molecule has 1 aliphatic carbocycles. The molecule has 0 radical (unpaired) electrons. The Balaban J connectivity index is 2.17. The summed E-state index contributed by atoms with van der Waals surface area (Å²) in [6, 6.07) is 7.52. The topological polar surface area (TPSA) is 46.3 Å². The number of carbonyl (C=O) groups excluding carboxylic acids is 1. The average Bonchev–Trinajstić information content (AvgIpc) is 3.06. The Labute approximate surface area is 107 Å². The van der Waals surface area contributed by atoms with Crippen molar-refractivity contribution in [3.63, 3.8) is 0 Å². The fourth-order valence-electron chi connectivity index (χ4n) is 1.90. The van der Waals surface area contributed by atoms with Crippen molar-refractivity contribution in [3.8, 4) is 0 Å². The number of nitrogens with two attached hydrogens (primary N) is 1. The lowest BCUT2D eigenvalue weighted by atomic mass is 10.1. The second kappa shape index (κ2) is 4.31. The third kappa shape index (κ3) is 2.31. The van der Waals surface area contributed by atoms with Gasteiger partial charge in [-0.15, -0.1) is 0 Å². The van der Waals surface area contributed by atoms with Crippen LogP contribution in [-0.4, -0.2) is 23.4 Å². The first-order chi connectivity index (χ1) is 7.96. The van der Waals surface area contributed by atoms with E-state index in [0.29, 0.717) is 5.02 Å². The summed E-state index contributed by atoms with van der Waals surface area (Å²) >= 11 is 6.13. The molecule has 1 atom stereocenters. The van der Waals surface area contributed by atoms with Crippen LogP contribution in [-0.2, 0) is 4.79 Å². The van der Waals surface area contributed by atoms with E-state index in [1.165, 1.54) is 0 Å². The molecule has 2 rings (SSSR count). The van der Waals surface area contributed by atoms with Gasteiger partial charge in [-0.25, -0.2) is 0 Å². The third-order valence-corrected chi connectivity index (χ3v) is 3.82. The number of hydrogen-bond donors (Lipinski definition) is 1. The fourth-order valence-corrected chi connectivity index (χ4v) is 2.19. The first-order valence-corrected chi connectivity index (χ1v) is 6.14. The van der Waals surface area contributed by atoms with Crippen LogP contribution < -0.4 is 5.73 Å². The van der Waals surface area contributed by atoms with E-state index in [0.717, 1.165) is 18.4 Å². The maximum absolute atomic E-state index is 12.1. The Bertz CT molecular complexity index is 443. The normalized spacial score (nSPS) is 18.6. The zero-order valence-corrected chi connectivity index (χ0v) is 10.9. The molecular weight excluding hydrogens is 236 g/mol. The summed E-state index contributed by atoms with van der Waals surface area (Å²) in [5.74, 6) is 0.00456. The number of hydrogen-bond acceptors (Lipinski definition) is 2. The van der Waals surface area contributed by atoms with Crippen LogP contribution in [0.4, 0.5) is 0 Å². The number of benzene rings is 1. The highest BCUT2D eigenvalue weighted by Crippen LogP contribution is 2.36. The summed E-state index contributed by atoms with van der Waals surface area (Å²) < 4.78 is 0. The van der Waals surface area contributed by atoms with Gasteiger partial charge in [0.05, 0.1) is 11.6 Å². The Morgan fingerprint density at radius 2 is 2.06 bits per heavy atom. The molecule has 0 aliphatic heterocycles. The van der Waals surface area contributed by atoms with Crippen molar-refractivity contribution in [2.24, 2.45) is 5.73 Å². The first-order valence-electron chi connectivity index (χ1n) is 5.76. The second-order valence-corrected chi connectivity index (χ2v) is 5.18. The van der Waals surface area contributed by atoms with Gasteiger partial charge in [0.1, 0.15) is 0 Å². The quantitative estimate of drug-likeness (QED) is 0.898. The average molecular weight is 253 g/mol. The first kappa shape index (κ1) is 12.4. The van der Waals surface area contributed by atoms with Gasteiger partial charge in [0, 0.05) is 12.1 Å². The monoisotopic (exact) mass is 252 g/mol. The van der Waals surface area contributed by atoms with E-state index in [-0.39, 0.29) is 11.9 Å². The predicted octanol–water partition coefficient (Wildman–Crippen LogP) is 2.35. The number of likely N-dealkylation sites (N-methyl/N-ethyl adjacent to an activating group) is 1. The SMILES string of the molecule is CC(c1ccccc1Cl)N(C)C(=O)C1(N)CC1. The molecule has 3 nitrogen and oxygen atoms in total. The summed E-state index contributed by atoms with van der Waals surface area (Å²) in [6.45, 7) is 1.96. The molecule has 1 saturated carbocycles. The van der Waals surface area contributed by atoms with Crippen LogP contribution >= 0.6 is 11.6 Å². The molecule has 92 valence electrons. The minimum Gasteiger partial charge on any atom is -0.337 e. The van der Waals surface area contributed by atoms with Gasteiger partial charge in [0.25, 0.3) is 0 Å². The number of carbonyl (C=O) groups is 1. The van der Waals surface area contributed by atoms with Crippen LogP contribution in [0.2, 0.25) is 5.02 Å². The zero-order valence-electron chi connectivity index (χ0n) is 10.1. The lowest BCUT2D eigenvalue weighted by Gasteiger charge is -2.28. The van der Waals surface area contributed by atoms with E-state index in [1.54, 1.807) is 11.9 Å². The standard InChI is InChI=1S/C13H17ClN2O/c1-9(10-5-3-4-6-11(10)14)16(2)12(17)13(15)7-8-13/h3-6,9H,7-8,15H2,1-2H3. The fraction of sp³-hybridized carbons (Fsp3) is 0.462. The molecule has 1 aliphatic rings. The van der Waals surface area contributed by atoms with Gasteiger partial charge >= 0.3 is 0 Å². The van der Waals surface area contributed by atoms with E-state index >= 15 is 0 Å². The minimum absolute atomic E-state index is 0.00456. The van der Waals surface area contributed by atoms with E-state index in [9.17, 15) is 4.79 Å².